The van der Waals surface area contributed by atoms with Crippen molar-refractivity contribution in [1.29, 1.82) is 0 Å². The van der Waals surface area contributed by atoms with E-state index in [9.17, 15) is 4.79 Å². The zero-order valence-corrected chi connectivity index (χ0v) is 9.50. The predicted molar refractivity (Wildman–Crippen MR) is 56.7 cm³/mol. The number of rotatable bonds is 0. The Morgan fingerprint density at radius 1 is 1.40 bits per heavy atom. The molecule has 0 saturated heterocycles. The standard InChI is InChI=1S/C12H16N2O/c1-11(2)6-9-8(7-13-14(9)3)10(15)12(11)4-5-12/h7H,4-6H2,1-3H3. The third-order valence-corrected chi connectivity index (χ3v) is 4.40. The third kappa shape index (κ3) is 0.912. The molecule has 3 nitrogen and oxygen atoms in total. The molecule has 1 heterocycles. The fourth-order valence-electron chi connectivity index (χ4n) is 3.04. The highest BCUT2D eigenvalue weighted by Gasteiger charge is 2.62. The molecule has 0 bridgehead atoms. The second-order valence-electron chi connectivity index (χ2n) is 5.60. The molecule has 0 unspecified atom stereocenters. The van der Waals surface area contributed by atoms with Gasteiger partial charge in [0.25, 0.3) is 0 Å². The van der Waals surface area contributed by atoms with Crippen LogP contribution in [0.15, 0.2) is 6.20 Å². The number of carbonyl (C=O) groups is 1. The van der Waals surface area contributed by atoms with Crippen molar-refractivity contribution >= 4 is 5.78 Å². The van der Waals surface area contributed by atoms with Gasteiger partial charge in [-0.1, -0.05) is 13.8 Å². The van der Waals surface area contributed by atoms with Gasteiger partial charge >= 0.3 is 0 Å². The molecular weight excluding hydrogens is 188 g/mol. The monoisotopic (exact) mass is 204 g/mol. The molecule has 2 aliphatic rings. The molecule has 0 aromatic carbocycles. The fourth-order valence-corrected chi connectivity index (χ4v) is 3.04. The average molecular weight is 204 g/mol. The second-order valence-corrected chi connectivity index (χ2v) is 5.60. The van der Waals surface area contributed by atoms with E-state index in [1.54, 1.807) is 6.20 Å². The van der Waals surface area contributed by atoms with Crippen LogP contribution in [0.2, 0.25) is 0 Å². The van der Waals surface area contributed by atoms with Gasteiger partial charge in [-0.05, 0) is 24.7 Å². The molecule has 1 aromatic heterocycles. The molecule has 80 valence electrons. The van der Waals surface area contributed by atoms with Gasteiger partial charge < -0.3 is 0 Å². The number of Topliss-reactive ketones (excluding diaryl/α,β-unsaturated/α-hetero) is 1. The van der Waals surface area contributed by atoms with Gasteiger partial charge in [0, 0.05) is 18.2 Å². The number of aryl methyl sites for hydroxylation is 1. The predicted octanol–water partition coefficient (Wildman–Crippen LogP) is 1.97. The van der Waals surface area contributed by atoms with Gasteiger partial charge in [-0.2, -0.15) is 5.10 Å². The van der Waals surface area contributed by atoms with Gasteiger partial charge in [0.1, 0.15) is 0 Å². The Morgan fingerprint density at radius 3 is 2.67 bits per heavy atom. The van der Waals surface area contributed by atoms with Crippen molar-refractivity contribution in [3.05, 3.63) is 17.5 Å². The van der Waals surface area contributed by atoms with Crippen molar-refractivity contribution in [2.75, 3.05) is 0 Å². The Bertz CT molecular complexity index is 452. The van der Waals surface area contributed by atoms with Gasteiger partial charge in [0.2, 0.25) is 0 Å². The molecule has 1 saturated carbocycles. The lowest BCUT2D eigenvalue weighted by atomic mass is 9.65. The maximum Gasteiger partial charge on any atom is 0.172 e. The number of aromatic nitrogens is 2. The van der Waals surface area contributed by atoms with Crippen molar-refractivity contribution < 1.29 is 4.79 Å². The van der Waals surface area contributed by atoms with E-state index in [-0.39, 0.29) is 10.8 Å². The molecule has 0 atom stereocenters. The van der Waals surface area contributed by atoms with Crippen LogP contribution in [-0.4, -0.2) is 15.6 Å². The van der Waals surface area contributed by atoms with Crippen LogP contribution in [-0.2, 0) is 13.5 Å². The van der Waals surface area contributed by atoms with Crippen molar-refractivity contribution in [3.8, 4) is 0 Å². The SMILES string of the molecule is Cn1ncc2c1CC(C)(C)C1(CC1)C2=O. The van der Waals surface area contributed by atoms with Crippen LogP contribution in [0.5, 0.6) is 0 Å². The van der Waals surface area contributed by atoms with Crippen molar-refractivity contribution in [2.45, 2.75) is 33.1 Å². The number of nitrogens with zero attached hydrogens (tertiary/aromatic N) is 2. The molecular formula is C12H16N2O. The van der Waals surface area contributed by atoms with E-state index in [4.69, 9.17) is 0 Å². The largest absolute Gasteiger partial charge is 0.293 e. The number of fused-ring (bicyclic) bond motifs is 1. The number of ketones is 1. The van der Waals surface area contributed by atoms with E-state index in [1.165, 1.54) is 0 Å². The van der Waals surface area contributed by atoms with E-state index in [1.807, 2.05) is 11.7 Å². The van der Waals surface area contributed by atoms with Gasteiger partial charge in [0.05, 0.1) is 11.8 Å². The minimum atomic E-state index is -0.0525. The smallest absolute Gasteiger partial charge is 0.172 e. The van der Waals surface area contributed by atoms with E-state index < -0.39 is 0 Å². The summed E-state index contributed by atoms with van der Waals surface area (Å²) in [6.45, 7) is 4.43. The van der Waals surface area contributed by atoms with Crippen LogP contribution < -0.4 is 0 Å². The highest BCUT2D eigenvalue weighted by Crippen LogP contribution is 2.63. The average Bonchev–Trinajstić information content (AvgIpc) is 2.88. The Balaban J connectivity index is 2.20. The van der Waals surface area contributed by atoms with E-state index in [0.717, 1.165) is 30.5 Å². The van der Waals surface area contributed by atoms with Crippen LogP contribution in [0.25, 0.3) is 0 Å². The molecule has 2 aliphatic carbocycles. The highest BCUT2D eigenvalue weighted by molar-refractivity contribution is 6.04. The maximum atomic E-state index is 12.4. The maximum absolute atomic E-state index is 12.4. The van der Waals surface area contributed by atoms with Crippen molar-refractivity contribution in [1.82, 2.24) is 9.78 Å². The first kappa shape index (κ1) is 9.13. The molecule has 1 aromatic rings. The fraction of sp³-hybridized carbons (Fsp3) is 0.667. The molecule has 0 aliphatic heterocycles. The number of hydrogen-bond donors (Lipinski definition) is 0. The third-order valence-electron chi connectivity index (χ3n) is 4.40. The summed E-state index contributed by atoms with van der Waals surface area (Å²) in [6, 6.07) is 0. The quantitative estimate of drug-likeness (QED) is 0.647. The van der Waals surface area contributed by atoms with Crippen LogP contribution in [0.4, 0.5) is 0 Å². The Hall–Kier alpha value is -1.12. The van der Waals surface area contributed by atoms with Gasteiger partial charge in [-0.25, -0.2) is 0 Å². The summed E-state index contributed by atoms with van der Waals surface area (Å²) < 4.78 is 1.85. The van der Waals surface area contributed by atoms with Gasteiger partial charge in [0.15, 0.2) is 5.78 Å². The first-order valence-corrected chi connectivity index (χ1v) is 5.54. The van der Waals surface area contributed by atoms with Crippen LogP contribution in [0.1, 0.15) is 42.7 Å². The van der Waals surface area contributed by atoms with Crippen LogP contribution >= 0.6 is 0 Å². The molecule has 0 N–H and O–H groups in total. The Labute approximate surface area is 89.5 Å². The van der Waals surface area contributed by atoms with E-state index in [0.29, 0.717) is 5.78 Å². The normalized spacial score (nSPS) is 25.4. The Morgan fingerprint density at radius 2 is 2.07 bits per heavy atom. The molecule has 0 radical (unpaired) electrons. The molecule has 0 amide bonds. The minimum absolute atomic E-state index is 0.0525. The molecule has 3 heteroatoms. The number of hydrogen-bond acceptors (Lipinski definition) is 2. The summed E-state index contributed by atoms with van der Waals surface area (Å²) >= 11 is 0. The van der Waals surface area contributed by atoms with Crippen LogP contribution in [0.3, 0.4) is 0 Å². The summed E-state index contributed by atoms with van der Waals surface area (Å²) in [4.78, 5) is 12.4. The molecule has 1 fully saturated rings. The zero-order valence-electron chi connectivity index (χ0n) is 9.50. The minimum Gasteiger partial charge on any atom is -0.293 e. The Kier molecular flexibility index (Phi) is 1.42. The first-order chi connectivity index (χ1) is 6.98. The lowest BCUT2D eigenvalue weighted by Gasteiger charge is -2.37. The topological polar surface area (TPSA) is 34.9 Å². The summed E-state index contributed by atoms with van der Waals surface area (Å²) in [7, 11) is 1.92. The summed E-state index contributed by atoms with van der Waals surface area (Å²) in [5.74, 6) is 0.335. The summed E-state index contributed by atoms with van der Waals surface area (Å²) in [6.07, 6.45) is 4.85. The zero-order chi connectivity index (χ0) is 10.8. The van der Waals surface area contributed by atoms with Crippen LogP contribution in [0, 0.1) is 10.8 Å². The van der Waals surface area contributed by atoms with Gasteiger partial charge in [-0.3, -0.25) is 9.48 Å². The van der Waals surface area contributed by atoms with Gasteiger partial charge in [-0.15, -0.1) is 0 Å². The molecule has 3 rings (SSSR count). The number of carbonyl (C=O) groups excluding carboxylic acids is 1. The lowest BCUT2D eigenvalue weighted by Crippen LogP contribution is -2.40. The molecule has 15 heavy (non-hydrogen) atoms. The highest BCUT2D eigenvalue weighted by atomic mass is 16.1. The summed E-state index contributed by atoms with van der Waals surface area (Å²) in [5, 5.41) is 4.20. The van der Waals surface area contributed by atoms with E-state index >= 15 is 0 Å². The second kappa shape index (κ2) is 2.34. The summed E-state index contributed by atoms with van der Waals surface area (Å²) in [5.41, 5.74) is 2.03. The molecule has 1 spiro atoms. The lowest BCUT2D eigenvalue weighted by molar-refractivity contribution is 0.0706. The van der Waals surface area contributed by atoms with Crippen molar-refractivity contribution in [3.63, 3.8) is 0 Å². The van der Waals surface area contributed by atoms with Crippen molar-refractivity contribution in [2.24, 2.45) is 17.9 Å². The first-order valence-electron chi connectivity index (χ1n) is 5.54. The van der Waals surface area contributed by atoms with E-state index in [2.05, 4.69) is 18.9 Å².